The third-order valence-electron chi connectivity index (χ3n) is 5.19. The van der Waals surface area contributed by atoms with Gasteiger partial charge >= 0.3 is 0 Å². The molecule has 0 aliphatic carbocycles. The first kappa shape index (κ1) is 18.6. The molecule has 26 heavy (non-hydrogen) atoms. The van der Waals surface area contributed by atoms with E-state index in [0.29, 0.717) is 24.9 Å². The average molecular weight is 381 g/mol. The molecule has 1 aromatic rings. The number of fused-ring (bicyclic) bond motifs is 1. The van der Waals surface area contributed by atoms with E-state index in [0.717, 1.165) is 25.9 Å². The van der Waals surface area contributed by atoms with E-state index in [4.69, 9.17) is 11.6 Å². The molecule has 0 bridgehead atoms. The summed E-state index contributed by atoms with van der Waals surface area (Å²) in [6.07, 6.45) is 1.90. The lowest BCUT2D eigenvalue weighted by Gasteiger charge is -2.21. The molecule has 2 fully saturated rings. The number of hydrogen-bond acceptors (Lipinski definition) is 5. The summed E-state index contributed by atoms with van der Waals surface area (Å²) in [5.74, 6) is 0.314. The highest BCUT2D eigenvalue weighted by Gasteiger charge is 2.31. The Morgan fingerprint density at radius 1 is 1.27 bits per heavy atom. The number of carbonyl (C=O) groups is 2. The van der Waals surface area contributed by atoms with Gasteiger partial charge in [-0.05, 0) is 43.8 Å². The smallest absolute Gasteiger partial charge is 0.283 e. The predicted octanol–water partition coefficient (Wildman–Crippen LogP) is 1.44. The fourth-order valence-corrected chi connectivity index (χ4v) is 3.97. The van der Waals surface area contributed by atoms with Crippen molar-refractivity contribution in [3.05, 3.63) is 38.9 Å². The number of benzene rings is 1. The van der Waals surface area contributed by atoms with Gasteiger partial charge in [-0.1, -0.05) is 17.7 Å². The van der Waals surface area contributed by atoms with E-state index in [2.05, 4.69) is 10.6 Å². The third-order valence-corrected chi connectivity index (χ3v) is 5.50. The summed E-state index contributed by atoms with van der Waals surface area (Å²) in [5, 5.41) is 16.9. The number of likely N-dealkylation sites (tertiary alicyclic amines) is 1. The number of amides is 2. The van der Waals surface area contributed by atoms with Crippen LogP contribution in [0.4, 0.5) is 5.69 Å². The number of carbonyl (C=O) groups excluding carboxylic acids is 2. The lowest BCUT2D eigenvalue weighted by atomic mass is 9.92. The Morgan fingerprint density at radius 3 is 2.54 bits per heavy atom. The summed E-state index contributed by atoms with van der Waals surface area (Å²) in [4.78, 5) is 37.0. The van der Waals surface area contributed by atoms with Gasteiger partial charge in [0.15, 0.2) is 0 Å². The number of nitro groups is 1. The fraction of sp³-hybridized carbons (Fsp3) is 0.529. The molecule has 9 heteroatoms. The van der Waals surface area contributed by atoms with Crippen LogP contribution in [-0.4, -0.2) is 54.4 Å². The molecular formula is C17H21ClN4O4. The van der Waals surface area contributed by atoms with Crippen LogP contribution in [0.1, 0.15) is 23.2 Å². The summed E-state index contributed by atoms with van der Waals surface area (Å²) in [6, 6.07) is 4.03. The Hall–Kier alpha value is -2.19. The van der Waals surface area contributed by atoms with E-state index in [9.17, 15) is 19.7 Å². The standard InChI is InChI=1S/C17H21ClN4O4/c18-13-2-1-3-14(22(25)26)16(13)17(24)20-10-15(23)21-6-4-11-8-19-9-12(11)5-7-21/h1-3,11-12,19H,4-10H2,(H,20,24)/t11-,12+. The van der Waals surface area contributed by atoms with Crippen LogP contribution >= 0.6 is 11.6 Å². The van der Waals surface area contributed by atoms with Crippen LogP contribution in [0.3, 0.4) is 0 Å². The van der Waals surface area contributed by atoms with Crippen LogP contribution < -0.4 is 10.6 Å². The van der Waals surface area contributed by atoms with E-state index in [-0.39, 0.29) is 28.7 Å². The van der Waals surface area contributed by atoms with Crippen molar-refractivity contribution in [1.82, 2.24) is 15.5 Å². The van der Waals surface area contributed by atoms with Crippen LogP contribution in [-0.2, 0) is 4.79 Å². The molecule has 2 aliphatic heterocycles. The van der Waals surface area contributed by atoms with Crippen molar-refractivity contribution in [1.29, 1.82) is 0 Å². The fourth-order valence-electron chi connectivity index (χ4n) is 3.71. The quantitative estimate of drug-likeness (QED) is 0.607. The lowest BCUT2D eigenvalue weighted by molar-refractivity contribution is -0.385. The summed E-state index contributed by atoms with van der Waals surface area (Å²) < 4.78 is 0. The molecule has 0 unspecified atom stereocenters. The number of nitrogens with one attached hydrogen (secondary N) is 2. The number of nitrogens with zero attached hydrogens (tertiary/aromatic N) is 2. The minimum atomic E-state index is -0.716. The second-order valence-corrected chi connectivity index (χ2v) is 7.12. The van der Waals surface area contributed by atoms with Crippen molar-refractivity contribution in [2.24, 2.45) is 11.8 Å². The van der Waals surface area contributed by atoms with Gasteiger partial charge < -0.3 is 15.5 Å². The Kier molecular flexibility index (Phi) is 5.73. The molecule has 2 N–H and O–H groups in total. The van der Waals surface area contributed by atoms with E-state index in [1.807, 2.05) is 0 Å². The van der Waals surface area contributed by atoms with Crippen molar-refractivity contribution >= 4 is 29.1 Å². The molecule has 140 valence electrons. The molecule has 3 rings (SSSR count). The molecule has 8 nitrogen and oxygen atoms in total. The highest BCUT2D eigenvalue weighted by molar-refractivity contribution is 6.34. The molecule has 2 amide bonds. The Labute approximate surface area is 156 Å². The number of rotatable bonds is 4. The van der Waals surface area contributed by atoms with E-state index in [1.54, 1.807) is 4.90 Å². The Morgan fingerprint density at radius 2 is 1.92 bits per heavy atom. The molecule has 1 aromatic carbocycles. The first-order chi connectivity index (χ1) is 12.5. The highest BCUT2D eigenvalue weighted by Crippen LogP contribution is 2.27. The van der Waals surface area contributed by atoms with Crippen LogP contribution in [0.5, 0.6) is 0 Å². The van der Waals surface area contributed by atoms with Gasteiger partial charge in [-0.15, -0.1) is 0 Å². The van der Waals surface area contributed by atoms with Crippen LogP contribution in [0.25, 0.3) is 0 Å². The zero-order chi connectivity index (χ0) is 18.7. The molecule has 0 spiro atoms. The summed E-state index contributed by atoms with van der Waals surface area (Å²) in [5.41, 5.74) is -0.596. The zero-order valence-electron chi connectivity index (χ0n) is 14.2. The van der Waals surface area contributed by atoms with Gasteiger partial charge in [-0.25, -0.2) is 0 Å². The average Bonchev–Trinajstić information content (AvgIpc) is 2.97. The number of hydrogen-bond donors (Lipinski definition) is 2. The van der Waals surface area contributed by atoms with E-state index in [1.165, 1.54) is 18.2 Å². The van der Waals surface area contributed by atoms with Gasteiger partial charge in [0, 0.05) is 19.2 Å². The van der Waals surface area contributed by atoms with Crippen LogP contribution in [0, 0.1) is 22.0 Å². The van der Waals surface area contributed by atoms with Crippen molar-refractivity contribution in [2.75, 3.05) is 32.7 Å². The third kappa shape index (κ3) is 3.96. The zero-order valence-corrected chi connectivity index (χ0v) is 15.0. The van der Waals surface area contributed by atoms with Gasteiger partial charge in [0.05, 0.1) is 16.5 Å². The van der Waals surface area contributed by atoms with Gasteiger partial charge in [0.2, 0.25) is 5.91 Å². The lowest BCUT2D eigenvalue weighted by Crippen LogP contribution is -2.41. The van der Waals surface area contributed by atoms with Gasteiger partial charge in [-0.3, -0.25) is 19.7 Å². The first-order valence-corrected chi connectivity index (χ1v) is 9.04. The van der Waals surface area contributed by atoms with Crippen LogP contribution in [0.2, 0.25) is 5.02 Å². The van der Waals surface area contributed by atoms with Crippen LogP contribution in [0.15, 0.2) is 18.2 Å². The maximum absolute atomic E-state index is 12.4. The Bertz CT molecular complexity index is 713. The first-order valence-electron chi connectivity index (χ1n) is 8.67. The van der Waals surface area contributed by atoms with E-state index >= 15 is 0 Å². The summed E-state index contributed by atoms with van der Waals surface area (Å²) in [6.45, 7) is 3.14. The van der Waals surface area contributed by atoms with Crippen molar-refractivity contribution in [3.8, 4) is 0 Å². The molecule has 2 saturated heterocycles. The minimum absolute atomic E-state index is 0.0146. The molecular weight excluding hydrogens is 360 g/mol. The second-order valence-electron chi connectivity index (χ2n) is 6.71. The minimum Gasteiger partial charge on any atom is -0.343 e. The topological polar surface area (TPSA) is 105 Å². The van der Waals surface area contributed by atoms with Crippen molar-refractivity contribution in [2.45, 2.75) is 12.8 Å². The normalized spacial score (nSPS) is 22.4. The molecule has 0 aromatic heterocycles. The number of nitro benzene ring substituents is 1. The highest BCUT2D eigenvalue weighted by atomic mass is 35.5. The molecule has 0 saturated carbocycles. The molecule has 2 aliphatic rings. The summed E-state index contributed by atoms with van der Waals surface area (Å²) >= 11 is 5.94. The Balaban J connectivity index is 1.60. The summed E-state index contributed by atoms with van der Waals surface area (Å²) in [7, 11) is 0. The second kappa shape index (κ2) is 8.01. The maximum Gasteiger partial charge on any atom is 0.283 e. The monoisotopic (exact) mass is 380 g/mol. The SMILES string of the molecule is O=C(NCC(=O)N1CC[C@@H]2CNC[C@@H]2CC1)c1c(Cl)cccc1[N+](=O)[O-]. The van der Waals surface area contributed by atoms with Crippen molar-refractivity contribution in [3.63, 3.8) is 0 Å². The predicted molar refractivity (Wildman–Crippen MR) is 96.1 cm³/mol. The number of halogens is 1. The molecule has 2 heterocycles. The van der Waals surface area contributed by atoms with Gasteiger partial charge in [0.25, 0.3) is 11.6 Å². The van der Waals surface area contributed by atoms with E-state index < -0.39 is 10.8 Å². The maximum atomic E-state index is 12.4. The largest absolute Gasteiger partial charge is 0.343 e. The van der Waals surface area contributed by atoms with Gasteiger partial charge in [0.1, 0.15) is 5.56 Å². The van der Waals surface area contributed by atoms with Crippen molar-refractivity contribution < 1.29 is 14.5 Å². The molecule has 2 atom stereocenters. The molecule has 0 radical (unpaired) electrons. The van der Waals surface area contributed by atoms with Gasteiger partial charge in [-0.2, -0.15) is 0 Å².